The van der Waals surface area contributed by atoms with Crippen molar-refractivity contribution < 1.29 is 0 Å². The third-order valence-electron chi connectivity index (χ3n) is 1.56. The molecule has 0 heterocycles. The van der Waals surface area contributed by atoms with Gasteiger partial charge in [0.1, 0.15) is 0 Å². The zero-order valence-corrected chi connectivity index (χ0v) is 7.52. The summed E-state index contributed by atoms with van der Waals surface area (Å²) in [5, 5.41) is 0.834. The molecule has 11 heavy (non-hydrogen) atoms. The summed E-state index contributed by atoms with van der Waals surface area (Å²) in [6, 6.07) is 6.05. The van der Waals surface area contributed by atoms with Gasteiger partial charge in [-0.05, 0) is 31.0 Å². The van der Waals surface area contributed by atoms with Crippen LogP contribution in [0.4, 0.5) is 0 Å². The highest BCUT2D eigenvalue weighted by atomic mass is 35.5. The van der Waals surface area contributed by atoms with E-state index in [0.717, 1.165) is 16.1 Å². The van der Waals surface area contributed by atoms with Gasteiger partial charge in [0.25, 0.3) is 0 Å². The summed E-state index contributed by atoms with van der Waals surface area (Å²) in [6.45, 7) is 4.00. The van der Waals surface area contributed by atoms with Crippen LogP contribution in [0.2, 0.25) is 5.02 Å². The molecule has 0 aliphatic carbocycles. The summed E-state index contributed by atoms with van der Waals surface area (Å²) in [4.78, 5) is 0. The quantitative estimate of drug-likeness (QED) is 0.597. The van der Waals surface area contributed by atoms with Gasteiger partial charge in [-0.2, -0.15) is 0 Å². The maximum absolute atomic E-state index is 5.92. The van der Waals surface area contributed by atoms with Crippen molar-refractivity contribution in [3.05, 3.63) is 40.4 Å². The molecular weight excluding hydrogens is 156 g/mol. The minimum absolute atomic E-state index is 0.834. The first-order chi connectivity index (χ1) is 5.24. The topological polar surface area (TPSA) is 0 Å². The number of benzene rings is 1. The molecular formula is C10H11Cl. The second-order valence-electron chi connectivity index (χ2n) is 2.51. The first-order valence-electron chi connectivity index (χ1n) is 3.63. The van der Waals surface area contributed by atoms with Gasteiger partial charge >= 0.3 is 0 Å². The van der Waals surface area contributed by atoms with Gasteiger partial charge in [-0.1, -0.05) is 35.9 Å². The molecule has 1 aromatic rings. The lowest BCUT2D eigenvalue weighted by Gasteiger charge is -1.97. The number of hydrogen-bond donors (Lipinski definition) is 0. The van der Waals surface area contributed by atoms with Crippen LogP contribution in [0.25, 0.3) is 6.08 Å². The summed E-state index contributed by atoms with van der Waals surface area (Å²) >= 11 is 5.92. The van der Waals surface area contributed by atoms with Crippen LogP contribution < -0.4 is 0 Å². The molecule has 0 fully saturated rings. The van der Waals surface area contributed by atoms with Crippen LogP contribution in [0, 0.1) is 6.92 Å². The lowest BCUT2D eigenvalue weighted by atomic mass is 10.1. The van der Waals surface area contributed by atoms with E-state index in [-0.39, 0.29) is 0 Å². The molecule has 0 radical (unpaired) electrons. The molecule has 0 aromatic heterocycles. The molecule has 58 valence electrons. The SMILES string of the molecule is C/C=C/c1ccc(C)c(Cl)c1. The van der Waals surface area contributed by atoms with Crippen LogP contribution in [0.1, 0.15) is 18.1 Å². The van der Waals surface area contributed by atoms with E-state index in [0.29, 0.717) is 0 Å². The van der Waals surface area contributed by atoms with E-state index in [9.17, 15) is 0 Å². The molecule has 0 unspecified atom stereocenters. The molecule has 1 aromatic carbocycles. The Balaban J connectivity index is 3.05. The molecule has 0 aliphatic heterocycles. The molecule has 0 spiro atoms. The van der Waals surface area contributed by atoms with Crippen LogP contribution >= 0.6 is 11.6 Å². The van der Waals surface area contributed by atoms with Crippen molar-refractivity contribution in [2.75, 3.05) is 0 Å². The smallest absolute Gasteiger partial charge is 0.0441 e. The Morgan fingerprint density at radius 3 is 2.64 bits per heavy atom. The number of rotatable bonds is 1. The number of allylic oxidation sites excluding steroid dienone is 1. The van der Waals surface area contributed by atoms with E-state index in [1.165, 1.54) is 0 Å². The second kappa shape index (κ2) is 3.59. The number of hydrogen-bond acceptors (Lipinski definition) is 0. The molecule has 0 amide bonds. The zero-order chi connectivity index (χ0) is 8.27. The van der Waals surface area contributed by atoms with Crippen molar-refractivity contribution in [1.29, 1.82) is 0 Å². The van der Waals surface area contributed by atoms with Crippen molar-refractivity contribution in [2.24, 2.45) is 0 Å². The predicted octanol–water partition coefficient (Wildman–Crippen LogP) is 3.68. The summed E-state index contributed by atoms with van der Waals surface area (Å²) in [7, 11) is 0. The molecule has 0 aliphatic rings. The Morgan fingerprint density at radius 1 is 1.36 bits per heavy atom. The van der Waals surface area contributed by atoms with Gasteiger partial charge in [0.2, 0.25) is 0 Å². The van der Waals surface area contributed by atoms with Gasteiger partial charge in [-0.3, -0.25) is 0 Å². The van der Waals surface area contributed by atoms with Crippen molar-refractivity contribution in [3.63, 3.8) is 0 Å². The van der Waals surface area contributed by atoms with Crippen LogP contribution in [0.3, 0.4) is 0 Å². The third kappa shape index (κ3) is 2.09. The Kier molecular flexibility index (Phi) is 2.72. The average molecular weight is 167 g/mol. The maximum atomic E-state index is 5.92. The van der Waals surface area contributed by atoms with Crippen LogP contribution in [0.5, 0.6) is 0 Å². The highest BCUT2D eigenvalue weighted by molar-refractivity contribution is 6.31. The maximum Gasteiger partial charge on any atom is 0.0441 e. The van der Waals surface area contributed by atoms with Gasteiger partial charge in [-0.15, -0.1) is 0 Å². The minimum atomic E-state index is 0.834. The second-order valence-corrected chi connectivity index (χ2v) is 2.92. The largest absolute Gasteiger partial charge is 0.0871 e. The summed E-state index contributed by atoms with van der Waals surface area (Å²) < 4.78 is 0. The monoisotopic (exact) mass is 166 g/mol. The fourth-order valence-corrected chi connectivity index (χ4v) is 1.09. The standard InChI is InChI=1S/C10H11Cl/c1-3-4-9-6-5-8(2)10(11)7-9/h3-7H,1-2H3/b4-3+. The lowest BCUT2D eigenvalue weighted by Crippen LogP contribution is -1.76. The van der Waals surface area contributed by atoms with Gasteiger partial charge in [0.15, 0.2) is 0 Å². The van der Waals surface area contributed by atoms with Crippen molar-refractivity contribution in [3.8, 4) is 0 Å². The van der Waals surface area contributed by atoms with Crippen LogP contribution in [0.15, 0.2) is 24.3 Å². The average Bonchev–Trinajstić information content (AvgIpc) is 1.98. The molecule has 0 saturated heterocycles. The van der Waals surface area contributed by atoms with Crippen molar-refractivity contribution >= 4 is 17.7 Å². The Bertz CT molecular complexity index is 274. The molecule has 0 bridgehead atoms. The van der Waals surface area contributed by atoms with Gasteiger partial charge in [-0.25, -0.2) is 0 Å². The highest BCUT2D eigenvalue weighted by Crippen LogP contribution is 2.17. The van der Waals surface area contributed by atoms with Gasteiger partial charge in [0, 0.05) is 5.02 Å². The molecule has 1 rings (SSSR count). The molecule has 1 heteroatoms. The van der Waals surface area contributed by atoms with E-state index in [1.807, 2.05) is 38.1 Å². The normalized spacial score (nSPS) is 10.8. The van der Waals surface area contributed by atoms with E-state index in [4.69, 9.17) is 11.6 Å². The fourth-order valence-electron chi connectivity index (χ4n) is 0.905. The first kappa shape index (κ1) is 8.35. The Hall–Kier alpha value is -0.750. The lowest BCUT2D eigenvalue weighted by molar-refractivity contribution is 1.46. The van der Waals surface area contributed by atoms with E-state index >= 15 is 0 Å². The minimum Gasteiger partial charge on any atom is -0.0871 e. The third-order valence-corrected chi connectivity index (χ3v) is 1.96. The van der Waals surface area contributed by atoms with Crippen LogP contribution in [-0.2, 0) is 0 Å². The number of aryl methyl sites for hydroxylation is 1. The highest BCUT2D eigenvalue weighted by Gasteiger charge is 1.93. The predicted molar refractivity (Wildman–Crippen MR) is 50.9 cm³/mol. The van der Waals surface area contributed by atoms with Crippen molar-refractivity contribution in [2.45, 2.75) is 13.8 Å². The Labute approximate surface area is 72.5 Å². The fraction of sp³-hybridized carbons (Fsp3) is 0.200. The molecule has 0 N–H and O–H groups in total. The van der Waals surface area contributed by atoms with E-state index in [1.54, 1.807) is 0 Å². The number of halogens is 1. The molecule has 0 nitrogen and oxygen atoms in total. The van der Waals surface area contributed by atoms with Crippen LogP contribution in [-0.4, -0.2) is 0 Å². The summed E-state index contributed by atoms with van der Waals surface area (Å²) in [6.07, 6.45) is 4.03. The van der Waals surface area contributed by atoms with E-state index < -0.39 is 0 Å². The molecule has 0 atom stereocenters. The zero-order valence-electron chi connectivity index (χ0n) is 6.76. The van der Waals surface area contributed by atoms with Gasteiger partial charge in [0.05, 0.1) is 0 Å². The summed E-state index contributed by atoms with van der Waals surface area (Å²) in [5.41, 5.74) is 2.28. The van der Waals surface area contributed by atoms with Crippen molar-refractivity contribution in [1.82, 2.24) is 0 Å². The molecule has 0 saturated carbocycles. The Morgan fingerprint density at radius 2 is 2.09 bits per heavy atom. The summed E-state index contributed by atoms with van der Waals surface area (Å²) in [5.74, 6) is 0. The van der Waals surface area contributed by atoms with Gasteiger partial charge < -0.3 is 0 Å². The van der Waals surface area contributed by atoms with E-state index in [2.05, 4.69) is 6.07 Å². The first-order valence-corrected chi connectivity index (χ1v) is 4.00.